The Morgan fingerprint density at radius 1 is 1.05 bits per heavy atom. The number of carbonyl (C=O) groups is 1. The summed E-state index contributed by atoms with van der Waals surface area (Å²) in [6, 6.07) is 14.9. The number of nitrogens with zero attached hydrogens (tertiary/aromatic N) is 2. The summed E-state index contributed by atoms with van der Waals surface area (Å²) in [7, 11) is 0. The highest BCUT2D eigenvalue weighted by Gasteiger charge is 2.15. The van der Waals surface area contributed by atoms with Gasteiger partial charge in [-0.3, -0.25) is 5.10 Å². The molecule has 5 nitrogen and oxygen atoms in total. The molecule has 6 heteroatoms. The number of aromatic amines is 1. The van der Waals surface area contributed by atoms with Gasteiger partial charge in [0.25, 0.3) is 0 Å². The lowest BCUT2D eigenvalue weighted by atomic mass is 10.0. The van der Waals surface area contributed by atoms with Crippen LogP contribution in [-0.2, 0) is 0 Å². The van der Waals surface area contributed by atoms with E-state index in [4.69, 9.17) is 16.7 Å². The summed E-state index contributed by atoms with van der Waals surface area (Å²) in [6.45, 7) is 0. The molecule has 0 bridgehead atoms. The standard InChI is InChI=1S/C15H10ClN3O2/c16-12-3-1-2-11(8-12)9-4-6-10(7-5-9)13-14(15(20)21)18-19-17-13/h1-8H,(H,20,21)(H,17,18,19). The van der Waals surface area contributed by atoms with Gasteiger partial charge in [0, 0.05) is 10.6 Å². The third kappa shape index (κ3) is 2.64. The van der Waals surface area contributed by atoms with Gasteiger partial charge in [-0.15, -0.1) is 5.10 Å². The molecule has 0 atom stereocenters. The second-order valence-corrected chi connectivity index (χ2v) is 4.86. The van der Waals surface area contributed by atoms with Crippen LogP contribution in [0.1, 0.15) is 10.5 Å². The van der Waals surface area contributed by atoms with Gasteiger partial charge in [-0.1, -0.05) is 53.2 Å². The maximum atomic E-state index is 11.1. The molecule has 0 saturated carbocycles. The van der Waals surface area contributed by atoms with E-state index in [9.17, 15) is 4.79 Å². The Hall–Kier alpha value is -2.66. The Labute approximate surface area is 125 Å². The molecular weight excluding hydrogens is 290 g/mol. The van der Waals surface area contributed by atoms with Crippen molar-refractivity contribution in [3.05, 3.63) is 59.2 Å². The minimum absolute atomic E-state index is 0.0227. The maximum absolute atomic E-state index is 11.1. The number of halogens is 1. The second-order valence-electron chi connectivity index (χ2n) is 4.43. The number of aromatic nitrogens is 3. The Morgan fingerprint density at radius 3 is 2.43 bits per heavy atom. The van der Waals surface area contributed by atoms with E-state index >= 15 is 0 Å². The van der Waals surface area contributed by atoms with Gasteiger partial charge < -0.3 is 5.11 Å². The first-order valence-electron chi connectivity index (χ1n) is 6.16. The first-order valence-corrected chi connectivity index (χ1v) is 6.53. The molecule has 104 valence electrons. The molecule has 2 N–H and O–H groups in total. The number of rotatable bonds is 3. The van der Waals surface area contributed by atoms with Crippen LogP contribution in [0, 0.1) is 0 Å². The molecule has 0 spiro atoms. The molecule has 0 aliphatic rings. The van der Waals surface area contributed by atoms with E-state index in [1.165, 1.54) is 0 Å². The lowest BCUT2D eigenvalue weighted by Crippen LogP contribution is -1.99. The van der Waals surface area contributed by atoms with Crippen LogP contribution in [0.3, 0.4) is 0 Å². The van der Waals surface area contributed by atoms with Crippen LogP contribution in [0.4, 0.5) is 0 Å². The number of carboxylic acid groups (broad SMARTS) is 1. The summed E-state index contributed by atoms with van der Waals surface area (Å²) < 4.78 is 0. The van der Waals surface area contributed by atoms with Crippen LogP contribution in [0.15, 0.2) is 48.5 Å². The van der Waals surface area contributed by atoms with Crippen molar-refractivity contribution < 1.29 is 9.90 Å². The monoisotopic (exact) mass is 299 g/mol. The molecule has 1 heterocycles. The minimum Gasteiger partial charge on any atom is -0.476 e. The fraction of sp³-hybridized carbons (Fsp3) is 0. The number of hydrogen-bond donors (Lipinski definition) is 2. The van der Waals surface area contributed by atoms with Crippen LogP contribution < -0.4 is 0 Å². The van der Waals surface area contributed by atoms with Crippen LogP contribution in [-0.4, -0.2) is 26.5 Å². The predicted molar refractivity (Wildman–Crippen MR) is 79.2 cm³/mol. The van der Waals surface area contributed by atoms with Crippen molar-refractivity contribution in [3.8, 4) is 22.4 Å². The molecule has 0 fully saturated rings. The minimum atomic E-state index is -1.09. The number of carboxylic acids is 1. The quantitative estimate of drug-likeness (QED) is 0.776. The third-order valence-corrected chi connectivity index (χ3v) is 3.31. The van der Waals surface area contributed by atoms with E-state index in [-0.39, 0.29) is 5.69 Å². The zero-order chi connectivity index (χ0) is 14.8. The number of benzene rings is 2. The van der Waals surface area contributed by atoms with Gasteiger partial charge in [0.1, 0.15) is 5.69 Å². The predicted octanol–water partition coefficient (Wildman–Crippen LogP) is 3.49. The van der Waals surface area contributed by atoms with Crippen LogP contribution >= 0.6 is 11.6 Å². The average molecular weight is 300 g/mol. The third-order valence-electron chi connectivity index (χ3n) is 3.08. The highest BCUT2D eigenvalue weighted by Crippen LogP contribution is 2.26. The molecule has 0 aliphatic heterocycles. The van der Waals surface area contributed by atoms with Gasteiger partial charge in [-0.2, -0.15) is 0 Å². The Bertz CT molecular complexity index is 797. The summed E-state index contributed by atoms with van der Waals surface area (Å²) in [5.41, 5.74) is 2.96. The number of aromatic carboxylic acids is 1. The summed E-state index contributed by atoms with van der Waals surface area (Å²) in [5, 5.41) is 19.5. The topological polar surface area (TPSA) is 78.9 Å². The molecule has 0 aliphatic carbocycles. The summed E-state index contributed by atoms with van der Waals surface area (Å²) >= 11 is 5.98. The SMILES string of the molecule is O=C(O)c1[nH]nnc1-c1ccc(-c2cccc(Cl)c2)cc1. The van der Waals surface area contributed by atoms with E-state index in [0.29, 0.717) is 16.3 Å². The van der Waals surface area contributed by atoms with Crippen LogP contribution in [0.2, 0.25) is 5.02 Å². The Kier molecular flexibility index (Phi) is 3.41. The second kappa shape index (κ2) is 5.38. The molecule has 0 radical (unpaired) electrons. The molecule has 1 aromatic heterocycles. The van der Waals surface area contributed by atoms with Gasteiger partial charge in [0.15, 0.2) is 5.69 Å². The van der Waals surface area contributed by atoms with E-state index in [1.807, 2.05) is 36.4 Å². The van der Waals surface area contributed by atoms with Crippen molar-refractivity contribution >= 4 is 17.6 Å². The molecule has 0 unspecified atom stereocenters. The summed E-state index contributed by atoms with van der Waals surface area (Å²) in [5.74, 6) is -1.09. The molecule has 0 amide bonds. The van der Waals surface area contributed by atoms with Crippen molar-refractivity contribution in [1.29, 1.82) is 0 Å². The highest BCUT2D eigenvalue weighted by atomic mass is 35.5. The fourth-order valence-electron chi connectivity index (χ4n) is 2.07. The van der Waals surface area contributed by atoms with Crippen molar-refractivity contribution in [2.45, 2.75) is 0 Å². The van der Waals surface area contributed by atoms with Crippen molar-refractivity contribution in [1.82, 2.24) is 15.4 Å². The first kappa shape index (κ1) is 13.3. The molecule has 3 aromatic rings. The zero-order valence-corrected chi connectivity index (χ0v) is 11.5. The smallest absolute Gasteiger partial charge is 0.356 e. The number of nitrogens with one attached hydrogen (secondary N) is 1. The number of H-pyrrole nitrogens is 1. The largest absolute Gasteiger partial charge is 0.476 e. The van der Waals surface area contributed by atoms with E-state index in [1.54, 1.807) is 12.1 Å². The van der Waals surface area contributed by atoms with Gasteiger partial charge in [-0.05, 0) is 23.3 Å². The van der Waals surface area contributed by atoms with Crippen molar-refractivity contribution in [3.63, 3.8) is 0 Å². The van der Waals surface area contributed by atoms with Gasteiger partial charge >= 0.3 is 5.97 Å². The molecular formula is C15H10ClN3O2. The first-order chi connectivity index (χ1) is 10.1. The normalized spacial score (nSPS) is 10.5. The fourth-order valence-corrected chi connectivity index (χ4v) is 2.26. The number of hydrogen-bond acceptors (Lipinski definition) is 3. The van der Waals surface area contributed by atoms with Crippen LogP contribution in [0.5, 0.6) is 0 Å². The van der Waals surface area contributed by atoms with Crippen LogP contribution in [0.25, 0.3) is 22.4 Å². The Morgan fingerprint density at radius 2 is 1.76 bits per heavy atom. The lowest BCUT2D eigenvalue weighted by Gasteiger charge is -2.04. The Balaban J connectivity index is 1.98. The average Bonchev–Trinajstić information content (AvgIpc) is 2.97. The molecule has 21 heavy (non-hydrogen) atoms. The van der Waals surface area contributed by atoms with E-state index in [0.717, 1.165) is 11.1 Å². The summed E-state index contributed by atoms with van der Waals surface area (Å²) in [6.07, 6.45) is 0. The van der Waals surface area contributed by atoms with Gasteiger partial charge in [0.2, 0.25) is 0 Å². The van der Waals surface area contributed by atoms with E-state index < -0.39 is 5.97 Å². The zero-order valence-electron chi connectivity index (χ0n) is 10.7. The maximum Gasteiger partial charge on any atom is 0.356 e. The lowest BCUT2D eigenvalue weighted by molar-refractivity contribution is 0.0691. The highest BCUT2D eigenvalue weighted by molar-refractivity contribution is 6.30. The van der Waals surface area contributed by atoms with Crippen molar-refractivity contribution in [2.75, 3.05) is 0 Å². The molecule has 3 rings (SSSR count). The van der Waals surface area contributed by atoms with Crippen molar-refractivity contribution in [2.24, 2.45) is 0 Å². The molecule has 0 saturated heterocycles. The summed E-state index contributed by atoms with van der Waals surface area (Å²) in [4.78, 5) is 11.1. The molecule has 2 aromatic carbocycles. The van der Waals surface area contributed by atoms with Gasteiger partial charge in [-0.25, -0.2) is 4.79 Å². The van der Waals surface area contributed by atoms with Gasteiger partial charge in [0.05, 0.1) is 0 Å². The van der Waals surface area contributed by atoms with E-state index in [2.05, 4.69) is 15.4 Å².